The maximum atomic E-state index is 13.1. The van der Waals surface area contributed by atoms with Gasteiger partial charge < -0.3 is 4.90 Å². The van der Waals surface area contributed by atoms with Gasteiger partial charge in [0.25, 0.3) is 0 Å². The van der Waals surface area contributed by atoms with Gasteiger partial charge in [-0.1, -0.05) is 43.8 Å². The number of amidine groups is 1. The predicted molar refractivity (Wildman–Crippen MR) is 117 cm³/mol. The van der Waals surface area contributed by atoms with Crippen LogP contribution in [0.25, 0.3) is 0 Å². The Kier molecular flexibility index (Phi) is 5.70. The average Bonchev–Trinajstić information content (AvgIpc) is 3.30. The third kappa shape index (κ3) is 4.35. The van der Waals surface area contributed by atoms with Crippen molar-refractivity contribution in [1.82, 2.24) is 9.91 Å². The molecule has 0 N–H and O–H groups in total. The van der Waals surface area contributed by atoms with E-state index in [1.165, 1.54) is 11.8 Å². The minimum atomic E-state index is -3.04. The molecule has 4 rings (SSSR count). The first kappa shape index (κ1) is 20.4. The Morgan fingerprint density at radius 2 is 2.14 bits per heavy atom. The number of benzene rings is 1. The number of sulfone groups is 1. The lowest BCUT2D eigenvalue weighted by atomic mass is 10.0. The van der Waals surface area contributed by atoms with E-state index in [2.05, 4.69) is 11.2 Å². The number of carbonyl (C=O) groups is 1. The Morgan fingerprint density at radius 3 is 2.86 bits per heavy atom. The number of hydrazone groups is 1. The summed E-state index contributed by atoms with van der Waals surface area (Å²) in [5.74, 6) is 0.706. The van der Waals surface area contributed by atoms with Crippen LogP contribution < -0.4 is 0 Å². The number of nitrogens with zero attached hydrogens (tertiary/aromatic N) is 4. The van der Waals surface area contributed by atoms with Crippen LogP contribution in [0.3, 0.4) is 0 Å². The van der Waals surface area contributed by atoms with Crippen LogP contribution in [0.4, 0.5) is 5.69 Å². The van der Waals surface area contributed by atoms with E-state index in [1.807, 2.05) is 43.3 Å². The molecule has 0 radical (unpaired) electrons. The number of amides is 1. The van der Waals surface area contributed by atoms with Gasteiger partial charge in [0.15, 0.2) is 15.0 Å². The molecule has 0 saturated carbocycles. The quantitative estimate of drug-likeness (QED) is 0.712. The summed E-state index contributed by atoms with van der Waals surface area (Å²) in [4.78, 5) is 19.5. The summed E-state index contributed by atoms with van der Waals surface area (Å²) in [5, 5.41) is 7.08. The summed E-state index contributed by atoms with van der Waals surface area (Å²) < 4.78 is 23.8. The van der Waals surface area contributed by atoms with E-state index in [0.717, 1.165) is 22.8 Å². The third-order valence-corrected chi connectivity index (χ3v) is 8.07. The van der Waals surface area contributed by atoms with Crippen LogP contribution in [0.15, 0.2) is 34.4 Å². The predicted octanol–water partition coefficient (Wildman–Crippen LogP) is 2.83. The van der Waals surface area contributed by atoms with Gasteiger partial charge >= 0.3 is 0 Å². The normalized spacial score (nSPS) is 24.4. The summed E-state index contributed by atoms with van der Waals surface area (Å²) in [6.45, 7) is 4.66. The first-order valence-electron chi connectivity index (χ1n) is 9.96. The van der Waals surface area contributed by atoms with Gasteiger partial charge in [0, 0.05) is 30.8 Å². The van der Waals surface area contributed by atoms with E-state index in [9.17, 15) is 13.2 Å². The second-order valence-electron chi connectivity index (χ2n) is 8.13. The molecular weight excluding hydrogens is 408 g/mol. The molecule has 3 aliphatic rings. The lowest BCUT2D eigenvalue weighted by Crippen LogP contribution is -2.44. The smallest absolute Gasteiger partial charge is 0.233 e. The second-order valence-corrected chi connectivity index (χ2v) is 11.3. The molecule has 0 unspecified atom stereocenters. The zero-order valence-corrected chi connectivity index (χ0v) is 18.3. The molecule has 156 valence electrons. The largest absolute Gasteiger partial charge is 0.338 e. The first-order chi connectivity index (χ1) is 13.8. The summed E-state index contributed by atoms with van der Waals surface area (Å²) in [7, 11) is -3.04. The van der Waals surface area contributed by atoms with Gasteiger partial charge in [-0.25, -0.2) is 18.4 Å². The zero-order valence-electron chi connectivity index (χ0n) is 16.7. The molecule has 1 fully saturated rings. The molecule has 2 atom stereocenters. The van der Waals surface area contributed by atoms with Gasteiger partial charge in [0.05, 0.1) is 29.0 Å². The van der Waals surface area contributed by atoms with Crippen molar-refractivity contribution < 1.29 is 13.2 Å². The molecule has 29 heavy (non-hydrogen) atoms. The van der Waals surface area contributed by atoms with Crippen LogP contribution in [-0.4, -0.2) is 65.5 Å². The lowest BCUT2D eigenvalue weighted by molar-refractivity contribution is -0.130. The fourth-order valence-electron chi connectivity index (χ4n) is 4.06. The van der Waals surface area contributed by atoms with Crippen LogP contribution in [0, 0.1) is 5.92 Å². The van der Waals surface area contributed by atoms with Crippen LogP contribution in [0.1, 0.15) is 38.3 Å². The summed E-state index contributed by atoms with van der Waals surface area (Å²) in [5.41, 5.74) is 2.08. The van der Waals surface area contributed by atoms with Crippen LogP contribution >= 0.6 is 11.8 Å². The van der Waals surface area contributed by atoms with Crippen molar-refractivity contribution in [2.45, 2.75) is 38.8 Å². The van der Waals surface area contributed by atoms with Gasteiger partial charge in [-0.3, -0.25) is 4.79 Å². The minimum absolute atomic E-state index is 0.0351. The van der Waals surface area contributed by atoms with Gasteiger partial charge in [-0.2, -0.15) is 5.10 Å². The first-order valence-corrected chi connectivity index (χ1v) is 12.8. The van der Waals surface area contributed by atoms with Crippen molar-refractivity contribution in [3.63, 3.8) is 0 Å². The Morgan fingerprint density at radius 1 is 1.34 bits per heavy atom. The van der Waals surface area contributed by atoms with Crippen LogP contribution in [0.2, 0.25) is 0 Å². The third-order valence-electron chi connectivity index (χ3n) is 5.39. The number of thioether (sulfide) groups is 1. The van der Waals surface area contributed by atoms with Crippen molar-refractivity contribution in [1.29, 1.82) is 0 Å². The number of fused-ring (bicyclic) bond motifs is 3. The maximum Gasteiger partial charge on any atom is 0.233 e. The number of carbonyl (C=O) groups excluding carboxylic acids is 1. The molecule has 7 nitrogen and oxygen atoms in total. The molecule has 0 spiro atoms. The molecule has 9 heteroatoms. The highest BCUT2D eigenvalue weighted by Gasteiger charge is 2.36. The van der Waals surface area contributed by atoms with Crippen molar-refractivity contribution in [3.05, 3.63) is 29.8 Å². The minimum Gasteiger partial charge on any atom is -0.338 e. The standard InChI is InChI=1S/C20H26N4O3S2/c1-14(2)11-23(15-8-10-29(26,27)13-15)19(25)12-28-20-22-17-6-4-3-5-16(17)18-7-9-21-24(18)20/h3-6,9,14-15,18H,7-8,10-13H2,1-2H3/t15-,18+/m0/s1. The number of aliphatic imine (C=N–C) groups is 1. The van der Waals surface area contributed by atoms with E-state index < -0.39 is 9.84 Å². The van der Waals surface area contributed by atoms with Crippen LogP contribution in [-0.2, 0) is 14.6 Å². The number of rotatable bonds is 5. The van der Waals surface area contributed by atoms with Crippen molar-refractivity contribution in [2.75, 3.05) is 23.8 Å². The second kappa shape index (κ2) is 8.10. The van der Waals surface area contributed by atoms with E-state index >= 15 is 0 Å². The Balaban J connectivity index is 1.49. The molecule has 3 heterocycles. The monoisotopic (exact) mass is 434 g/mol. The average molecular weight is 435 g/mol. The number of para-hydroxylation sites is 1. The van der Waals surface area contributed by atoms with E-state index in [-0.39, 0.29) is 41.2 Å². The molecule has 0 aliphatic carbocycles. The van der Waals surface area contributed by atoms with Crippen molar-refractivity contribution >= 4 is 44.6 Å². The zero-order chi connectivity index (χ0) is 20.6. The molecule has 3 aliphatic heterocycles. The SMILES string of the molecule is CC(C)CN(C(=O)CSC1=Nc2ccccc2[C@H]2CC=NN12)[C@H]1CCS(=O)(=O)C1. The Bertz CT molecular complexity index is 958. The Hall–Kier alpha value is -1.87. The van der Waals surface area contributed by atoms with Crippen LogP contribution in [0.5, 0.6) is 0 Å². The summed E-state index contributed by atoms with van der Waals surface area (Å²) >= 11 is 1.38. The molecule has 1 aromatic carbocycles. The molecule has 0 bridgehead atoms. The highest BCUT2D eigenvalue weighted by molar-refractivity contribution is 8.14. The van der Waals surface area contributed by atoms with E-state index in [4.69, 9.17) is 4.99 Å². The van der Waals surface area contributed by atoms with Gasteiger partial charge in [-0.15, -0.1) is 0 Å². The van der Waals surface area contributed by atoms with E-state index in [0.29, 0.717) is 13.0 Å². The molecule has 1 saturated heterocycles. The number of hydrogen-bond donors (Lipinski definition) is 0. The molecule has 1 amide bonds. The summed E-state index contributed by atoms with van der Waals surface area (Å²) in [6, 6.07) is 7.94. The van der Waals surface area contributed by atoms with E-state index in [1.54, 1.807) is 4.90 Å². The lowest BCUT2D eigenvalue weighted by Gasteiger charge is -2.32. The highest BCUT2D eigenvalue weighted by atomic mass is 32.2. The number of hydrogen-bond acceptors (Lipinski definition) is 7. The maximum absolute atomic E-state index is 13.1. The summed E-state index contributed by atoms with van der Waals surface area (Å²) in [6.07, 6.45) is 3.24. The topological polar surface area (TPSA) is 82.4 Å². The molecule has 0 aromatic heterocycles. The van der Waals surface area contributed by atoms with Gasteiger partial charge in [0.1, 0.15) is 0 Å². The Labute approximate surface area is 176 Å². The molecule has 1 aromatic rings. The van der Waals surface area contributed by atoms with Gasteiger partial charge in [0.2, 0.25) is 5.91 Å². The molecular formula is C20H26N4O3S2. The van der Waals surface area contributed by atoms with Crippen molar-refractivity contribution in [2.24, 2.45) is 16.0 Å². The fourth-order valence-corrected chi connectivity index (χ4v) is 6.68. The fraction of sp³-hybridized carbons (Fsp3) is 0.550. The highest BCUT2D eigenvalue weighted by Crippen LogP contribution is 2.40. The van der Waals surface area contributed by atoms with Crippen molar-refractivity contribution in [3.8, 4) is 0 Å². The van der Waals surface area contributed by atoms with Gasteiger partial charge in [-0.05, 0) is 18.4 Å².